The lowest BCUT2D eigenvalue weighted by molar-refractivity contribution is -0.215. The van der Waals surface area contributed by atoms with Crippen LogP contribution in [0.1, 0.15) is 18.9 Å². The van der Waals surface area contributed by atoms with Gasteiger partial charge in [0.2, 0.25) is 12.2 Å². The lowest BCUT2D eigenvalue weighted by Gasteiger charge is -2.39. The molecule has 0 radical (unpaired) electrons. The van der Waals surface area contributed by atoms with Crippen LogP contribution in [-0.4, -0.2) is 46.8 Å². The monoisotopic (exact) mass is 464 g/mol. The van der Waals surface area contributed by atoms with Gasteiger partial charge in [0.1, 0.15) is 12.6 Å². The van der Waals surface area contributed by atoms with Crippen LogP contribution in [0, 0.1) is 5.41 Å². The number of halogens is 3. The van der Waals surface area contributed by atoms with E-state index in [0.717, 1.165) is 5.56 Å². The van der Waals surface area contributed by atoms with Crippen LogP contribution >= 0.6 is 34.8 Å². The number of esters is 1. The molecule has 1 aromatic carbocycles. The van der Waals surface area contributed by atoms with Crippen molar-refractivity contribution in [3.8, 4) is 0 Å². The fourth-order valence-corrected chi connectivity index (χ4v) is 2.76. The Labute approximate surface area is 182 Å². The lowest BCUT2D eigenvalue weighted by atomic mass is 10.0. The molecule has 9 nitrogen and oxygen atoms in total. The predicted octanol–water partition coefficient (Wildman–Crippen LogP) is 4.29. The van der Waals surface area contributed by atoms with E-state index in [-0.39, 0.29) is 19.6 Å². The molecule has 3 unspecified atom stereocenters. The van der Waals surface area contributed by atoms with E-state index in [2.05, 4.69) is 10.0 Å². The Morgan fingerprint density at radius 1 is 1.38 bits per heavy atom. The normalized spacial score (nSPS) is 24.3. The number of ether oxygens (including phenoxy) is 4. The molecule has 4 atom stereocenters. The minimum absolute atomic E-state index is 0.0789. The third kappa shape index (κ3) is 7.54. The fourth-order valence-electron chi connectivity index (χ4n) is 2.63. The zero-order chi connectivity index (χ0) is 21.4. The molecule has 1 aliphatic rings. The van der Waals surface area contributed by atoms with E-state index in [1.54, 1.807) is 0 Å². The third-order valence-corrected chi connectivity index (χ3v) is 4.45. The summed E-state index contributed by atoms with van der Waals surface area (Å²) >= 11 is 17.0. The zero-order valence-corrected chi connectivity index (χ0v) is 17.6. The Morgan fingerprint density at radius 2 is 2.07 bits per heavy atom. The summed E-state index contributed by atoms with van der Waals surface area (Å²) in [7, 11) is 0. The molecule has 0 spiro atoms. The van der Waals surface area contributed by atoms with Crippen LogP contribution in [-0.2, 0) is 30.3 Å². The van der Waals surface area contributed by atoms with Gasteiger partial charge in [0.15, 0.2) is 0 Å². The second-order valence-corrected chi connectivity index (χ2v) is 8.42. The van der Waals surface area contributed by atoms with Gasteiger partial charge in [0.25, 0.3) is 3.79 Å². The van der Waals surface area contributed by atoms with Gasteiger partial charge in [-0.05, 0) is 11.1 Å². The van der Waals surface area contributed by atoms with E-state index < -0.39 is 40.2 Å². The first-order valence-corrected chi connectivity index (χ1v) is 9.65. The Morgan fingerprint density at radius 3 is 2.66 bits per heavy atom. The maximum atomic E-state index is 11.1. The van der Waals surface area contributed by atoms with Gasteiger partial charge in [-0.3, -0.25) is 10.2 Å². The van der Waals surface area contributed by atoms with E-state index in [0.29, 0.717) is 0 Å². The summed E-state index contributed by atoms with van der Waals surface area (Å²) in [5, 5.41) is 11.5. The minimum atomic E-state index is -2.13. The molecule has 1 aromatic rings. The Hall–Kier alpha value is -1.74. The minimum Gasteiger partial charge on any atom is -0.463 e. The summed E-state index contributed by atoms with van der Waals surface area (Å²) in [5.74, 6) is -1.19. The Balaban J connectivity index is 2.19. The number of azide groups is 1. The number of alkyl halides is 3. The first-order chi connectivity index (χ1) is 13.7. The second kappa shape index (κ2) is 10.9. The van der Waals surface area contributed by atoms with Gasteiger partial charge in [-0.25, -0.2) is 0 Å². The highest BCUT2D eigenvalue weighted by Gasteiger charge is 2.43. The SMILES string of the molecule is CC(=O)OCC1C[C@H](OCc2ccccc2)C(N=[N+]=[N-])C(OC(=N)C(Cl)(Cl)Cl)O1. The highest BCUT2D eigenvalue weighted by atomic mass is 35.6. The van der Waals surface area contributed by atoms with Crippen LogP contribution in [0.5, 0.6) is 0 Å². The quantitative estimate of drug-likeness (QED) is 0.122. The molecule has 0 aliphatic carbocycles. The van der Waals surface area contributed by atoms with Gasteiger partial charge >= 0.3 is 5.97 Å². The predicted molar refractivity (Wildman–Crippen MR) is 107 cm³/mol. The smallest absolute Gasteiger partial charge is 0.302 e. The first-order valence-electron chi connectivity index (χ1n) is 8.51. The molecule has 158 valence electrons. The van der Waals surface area contributed by atoms with Gasteiger partial charge in [0.05, 0.1) is 18.8 Å². The molecule has 29 heavy (non-hydrogen) atoms. The number of carbonyl (C=O) groups is 1. The van der Waals surface area contributed by atoms with Crippen molar-refractivity contribution in [3.05, 3.63) is 46.3 Å². The molecule has 1 aliphatic heterocycles. The molecule has 2 rings (SSSR count). The molecule has 0 aromatic heterocycles. The van der Waals surface area contributed by atoms with Crippen LogP contribution in [0.25, 0.3) is 10.4 Å². The molecule has 0 bridgehead atoms. The number of carbonyl (C=O) groups excluding carboxylic acids is 1. The topological polar surface area (TPSA) is 127 Å². The summed E-state index contributed by atoms with van der Waals surface area (Å²) in [4.78, 5) is 14.0. The van der Waals surface area contributed by atoms with E-state index in [4.69, 9.17) is 64.7 Å². The molecule has 0 amide bonds. The fraction of sp³-hybridized carbons (Fsp3) is 0.529. The van der Waals surface area contributed by atoms with Gasteiger partial charge in [-0.1, -0.05) is 70.2 Å². The number of hydrogen-bond donors (Lipinski definition) is 1. The van der Waals surface area contributed by atoms with Crippen LogP contribution in [0.3, 0.4) is 0 Å². The van der Waals surface area contributed by atoms with Crippen molar-refractivity contribution in [3.63, 3.8) is 0 Å². The van der Waals surface area contributed by atoms with E-state index >= 15 is 0 Å². The Kier molecular flexibility index (Phi) is 8.82. The standard InChI is InChI=1S/C17H19Cl3N4O5/c1-10(25)26-9-12-7-13(27-8-11-5-3-2-4-6-11)14(23-24-22)15(28-12)29-16(21)17(18,19)20/h2-6,12-15,21H,7-9H2,1H3/t12?,13-,14?,15?/m0/s1. The number of rotatable bonds is 7. The van der Waals surface area contributed by atoms with Crippen molar-refractivity contribution in [1.29, 1.82) is 5.41 Å². The Bertz CT molecular complexity index is 755. The maximum absolute atomic E-state index is 11.1. The number of nitrogens with zero attached hydrogens (tertiary/aromatic N) is 3. The zero-order valence-electron chi connectivity index (χ0n) is 15.3. The molecule has 1 heterocycles. The number of hydrogen-bond acceptors (Lipinski definition) is 7. The maximum Gasteiger partial charge on any atom is 0.302 e. The van der Waals surface area contributed by atoms with Crippen molar-refractivity contribution in [2.45, 2.75) is 48.3 Å². The first kappa shape index (κ1) is 23.5. The largest absolute Gasteiger partial charge is 0.463 e. The second-order valence-electron chi connectivity index (χ2n) is 6.14. The van der Waals surface area contributed by atoms with Gasteiger partial charge in [-0.2, -0.15) is 0 Å². The molecule has 1 fully saturated rings. The van der Waals surface area contributed by atoms with Gasteiger partial charge in [-0.15, -0.1) is 0 Å². The summed E-state index contributed by atoms with van der Waals surface area (Å²) in [5.41, 5.74) is 9.87. The molecular formula is C17H19Cl3N4O5. The molecule has 12 heteroatoms. The van der Waals surface area contributed by atoms with Crippen molar-refractivity contribution < 1.29 is 23.7 Å². The van der Waals surface area contributed by atoms with Crippen LogP contribution in [0.15, 0.2) is 35.4 Å². The van der Waals surface area contributed by atoms with Crippen molar-refractivity contribution >= 4 is 46.7 Å². The lowest BCUT2D eigenvalue weighted by Crippen LogP contribution is -2.52. The third-order valence-electron chi connectivity index (χ3n) is 3.94. The highest BCUT2D eigenvalue weighted by Crippen LogP contribution is 2.32. The van der Waals surface area contributed by atoms with E-state index in [1.807, 2.05) is 30.3 Å². The molecule has 1 N–H and O–H groups in total. The van der Waals surface area contributed by atoms with Crippen LogP contribution in [0.2, 0.25) is 0 Å². The number of benzene rings is 1. The van der Waals surface area contributed by atoms with E-state index in [9.17, 15) is 4.79 Å². The van der Waals surface area contributed by atoms with Crippen molar-refractivity contribution in [2.24, 2.45) is 5.11 Å². The van der Waals surface area contributed by atoms with Gasteiger partial charge < -0.3 is 18.9 Å². The summed E-state index contributed by atoms with van der Waals surface area (Å²) in [6.45, 7) is 1.42. The van der Waals surface area contributed by atoms with Gasteiger partial charge in [0, 0.05) is 18.3 Å². The summed E-state index contributed by atoms with van der Waals surface area (Å²) in [6, 6.07) is 8.40. The van der Waals surface area contributed by atoms with Crippen LogP contribution < -0.4 is 0 Å². The average Bonchev–Trinajstić information content (AvgIpc) is 2.66. The average molecular weight is 466 g/mol. The van der Waals surface area contributed by atoms with Crippen molar-refractivity contribution in [1.82, 2.24) is 0 Å². The van der Waals surface area contributed by atoms with Crippen molar-refractivity contribution in [2.75, 3.05) is 6.61 Å². The van der Waals surface area contributed by atoms with E-state index in [1.165, 1.54) is 6.92 Å². The van der Waals surface area contributed by atoms with Crippen LogP contribution in [0.4, 0.5) is 0 Å². The molecule has 0 saturated carbocycles. The molecule has 1 saturated heterocycles. The summed E-state index contributed by atoms with van der Waals surface area (Å²) < 4.78 is 19.8. The summed E-state index contributed by atoms with van der Waals surface area (Å²) in [6.07, 6.45) is -2.32. The molecular weight excluding hydrogens is 447 g/mol. The highest BCUT2D eigenvalue weighted by molar-refractivity contribution is 6.76. The number of nitrogens with one attached hydrogen (secondary N) is 1.